The van der Waals surface area contributed by atoms with E-state index in [9.17, 15) is 14.7 Å². The molecule has 1 aliphatic rings. The SMILES string of the molecule is COc1cc2c(cc1O)CCN(NC(=O)c1cc(OC)c(OC)cc1NC(=O)c1cnc3ccccc3c1)C2. The number of hydrogen-bond donors (Lipinski definition) is 3. The summed E-state index contributed by atoms with van der Waals surface area (Å²) < 4.78 is 16.1. The minimum atomic E-state index is -0.433. The van der Waals surface area contributed by atoms with E-state index in [0.717, 1.165) is 22.0 Å². The van der Waals surface area contributed by atoms with E-state index in [0.29, 0.717) is 42.3 Å². The average molecular weight is 529 g/mol. The number of carbonyl (C=O) groups is 2. The number of rotatable bonds is 7. The van der Waals surface area contributed by atoms with Crippen LogP contribution in [0, 0.1) is 0 Å². The van der Waals surface area contributed by atoms with Crippen LogP contribution in [0.2, 0.25) is 0 Å². The molecule has 0 spiro atoms. The number of fused-ring (bicyclic) bond motifs is 2. The molecule has 0 saturated heterocycles. The predicted octanol–water partition coefficient (Wildman–Crippen LogP) is 3.92. The molecule has 0 bridgehead atoms. The first-order chi connectivity index (χ1) is 18.9. The van der Waals surface area contributed by atoms with Gasteiger partial charge in [-0.05, 0) is 47.9 Å². The van der Waals surface area contributed by atoms with E-state index in [2.05, 4.69) is 15.7 Å². The topological polar surface area (TPSA) is 122 Å². The summed E-state index contributed by atoms with van der Waals surface area (Å²) in [5.74, 6) is 0.304. The Balaban J connectivity index is 1.41. The Hall–Kier alpha value is -4.83. The van der Waals surface area contributed by atoms with Gasteiger partial charge in [-0.1, -0.05) is 18.2 Å². The number of ether oxygens (including phenoxy) is 3. The summed E-state index contributed by atoms with van der Waals surface area (Å²) in [5.41, 5.74) is 6.42. The molecule has 3 N–H and O–H groups in total. The van der Waals surface area contributed by atoms with Crippen molar-refractivity contribution in [2.24, 2.45) is 0 Å². The van der Waals surface area contributed by atoms with Crippen LogP contribution in [0.15, 0.2) is 60.8 Å². The van der Waals surface area contributed by atoms with Gasteiger partial charge in [0.05, 0.1) is 43.7 Å². The monoisotopic (exact) mass is 528 g/mol. The highest BCUT2D eigenvalue weighted by Crippen LogP contribution is 2.35. The molecule has 10 heteroatoms. The van der Waals surface area contributed by atoms with Gasteiger partial charge in [0.2, 0.25) is 0 Å². The van der Waals surface area contributed by atoms with Gasteiger partial charge >= 0.3 is 0 Å². The average Bonchev–Trinajstić information content (AvgIpc) is 2.96. The number of hydrogen-bond acceptors (Lipinski definition) is 8. The third kappa shape index (κ3) is 5.27. The molecule has 0 saturated carbocycles. The Morgan fingerprint density at radius 1 is 0.897 bits per heavy atom. The fourth-order valence-electron chi connectivity index (χ4n) is 4.60. The number of hydrazine groups is 1. The van der Waals surface area contributed by atoms with Crippen molar-refractivity contribution in [3.8, 4) is 23.0 Å². The second-order valence-electron chi connectivity index (χ2n) is 9.03. The summed E-state index contributed by atoms with van der Waals surface area (Å²) in [7, 11) is 4.45. The molecule has 10 nitrogen and oxygen atoms in total. The number of phenolic OH excluding ortho intramolecular Hbond substituents is 1. The summed E-state index contributed by atoms with van der Waals surface area (Å²) in [6.45, 7) is 0.942. The van der Waals surface area contributed by atoms with Crippen LogP contribution in [-0.2, 0) is 13.0 Å². The second kappa shape index (κ2) is 10.9. The number of aromatic hydroxyl groups is 1. The largest absolute Gasteiger partial charge is 0.504 e. The van der Waals surface area contributed by atoms with E-state index >= 15 is 0 Å². The fourth-order valence-corrected chi connectivity index (χ4v) is 4.60. The molecule has 2 heterocycles. The van der Waals surface area contributed by atoms with Crippen molar-refractivity contribution in [3.05, 3.63) is 83.0 Å². The van der Waals surface area contributed by atoms with Crippen LogP contribution in [0.3, 0.4) is 0 Å². The number of benzene rings is 3. The molecule has 0 unspecified atom stereocenters. The summed E-state index contributed by atoms with van der Waals surface area (Å²) >= 11 is 0. The van der Waals surface area contributed by atoms with Gasteiger partial charge in [0.25, 0.3) is 11.8 Å². The van der Waals surface area contributed by atoms with Gasteiger partial charge in [-0.15, -0.1) is 0 Å². The Morgan fingerprint density at radius 2 is 1.64 bits per heavy atom. The van der Waals surface area contributed by atoms with E-state index in [4.69, 9.17) is 14.2 Å². The summed E-state index contributed by atoms with van der Waals surface area (Å²) in [6, 6.07) is 15.8. The lowest BCUT2D eigenvalue weighted by atomic mass is 10.00. The number of phenols is 1. The van der Waals surface area contributed by atoms with Crippen molar-refractivity contribution in [2.45, 2.75) is 13.0 Å². The third-order valence-corrected chi connectivity index (χ3v) is 6.64. The fraction of sp³-hybridized carbons (Fsp3) is 0.207. The standard InChI is InChI=1S/C29H28N4O6/c1-37-25-12-20-16-33(9-8-17(20)11-24(25)34)32-29(36)21-13-26(38-2)27(39-3)14-23(21)31-28(35)19-10-18-6-4-5-7-22(18)30-15-19/h4-7,10-15,34H,8-9,16H2,1-3H3,(H,31,35)(H,32,36). The first kappa shape index (κ1) is 25.8. The zero-order chi connectivity index (χ0) is 27.5. The van der Waals surface area contributed by atoms with Crippen molar-refractivity contribution in [2.75, 3.05) is 33.2 Å². The van der Waals surface area contributed by atoms with Gasteiger partial charge in [-0.2, -0.15) is 0 Å². The van der Waals surface area contributed by atoms with E-state index in [-0.39, 0.29) is 17.0 Å². The number of nitrogens with one attached hydrogen (secondary N) is 2. The maximum Gasteiger partial charge on any atom is 0.267 e. The van der Waals surface area contributed by atoms with Crippen LogP contribution in [0.1, 0.15) is 31.8 Å². The molecule has 39 heavy (non-hydrogen) atoms. The van der Waals surface area contributed by atoms with Gasteiger partial charge in [0.15, 0.2) is 23.0 Å². The number of carbonyl (C=O) groups excluding carboxylic acids is 2. The quantitative estimate of drug-likeness (QED) is 0.330. The van der Waals surface area contributed by atoms with Crippen LogP contribution in [-0.4, -0.2) is 54.8 Å². The molecule has 4 aromatic rings. The summed E-state index contributed by atoms with van der Waals surface area (Å²) in [5, 5.41) is 15.5. The first-order valence-corrected chi connectivity index (χ1v) is 12.3. The third-order valence-electron chi connectivity index (χ3n) is 6.64. The maximum absolute atomic E-state index is 13.5. The molecule has 0 atom stereocenters. The minimum Gasteiger partial charge on any atom is -0.504 e. The van der Waals surface area contributed by atoms with Gasteiger partial charge in [0, 0.05) is 30.7 Å². The van der Waals surface area contributed by atoms with Gasteiger partial charge < -0.3 is 24.6 Å². The number of para-hydroxylation sites is 1. The lowest BCUT2D eigenvalue weighted by Gasteiger charge is -2.29. The van der Waals surface area contributed by atoms with E-state index < -0.39 is 11.8 Å². The maximum atomic E-state index is 13.5. The lowest BCUT2D eigenvalue weighted by Crippen LogP contribution is -2.45. The normalized spacial score (nSPS) is 12.9. The van der Waals surface area contributed by atoms with Gasteiger partial charge in [-0.3, -0.25) is 20.0 Å². The number of methoxy groups -OCH3 is 3. The highest BCUT2D eigenvalue weighted by molar-refractivity contribution is 6.10. The molecule has 1 aliphatic heterocycles. The predicted molar refractivity (Wildman–Crippen MR) is 145 cm³/mol. The molecule has 2 amide bonds. The first-order valence-electron chi connectivity index (χ1n) is 12.3. The van der Waals surface area contributed by atoms with Crippen molar-refractivity contribution in [1.82, 2.24) is 15.4 Å². The van der Waals surface area contributed by atoms with Crippen molar-refractivity contribution in [3.63, 3.8) is 0 Å². The Kier molecular flexibility index (Phi) is 7.20. The highest BCUT2D eigenvalue weighted by atomic mass is 16.5. The molecule has 3 aromatic carbocycles. The smallest absolute Gasteiger partial charge is 0.267 e. The molecular weight excluding hydrogens is 500 g/mol. The number of aromatic nitrogens is 1. The van der Waals surface area contributed by atoms with Crippen molar-refractivity contribution in [1.29, 1.82) is 0 Å². The minimum absolute atomic E-state index is 0.0843. The van der Waals surface area contributed by atoms with Crippen LogP contribution < -0.4 is 25.0 Å². The summed E-state index contributed by atoms with van der Waals surface area (Å²) in [4.78, 5) is 31.1. The molecule has 0 aliphatic carbocycles. The van der Waals surface area contributed by atoms with Crippen LogP contribution in [0.5, 0.6) is 23.0 Å². The number of amides is 2. The van der Waals surface area contributed by atoms with Crippen LogP contribution in [0.25, 0.3) is 10.9 Å². The number of pyridine rings is 1. The molecular formula is C29H28N4O6. The molecule has 0 radical (unpaired) electrons. The van der Waals surface area contributed by atoms with Crippen molar-refractivity contribution >= 4 is 28.4 Å². The zero-order valence-electron chi connectivity index (χ0n) is 21.8. The molecule has 1 aromatic heterocycles. The van der Waals surface area contributed by atoms with Gasteiger partial charge in [0.1, 0.15) is 0 Å². The molecule has 200 valence electrons. The number of anilines is 1. The number of nitrogens with zero attached hydrogens (tertiary/aromatic N) is 2. The van der Waals surface area contributed by atoms with Crippen molar-refractivity contribution < 1.29 is 28.9 Å². The van der Waals surface area contributed by atoms with Crippen LogP contribution in [0.4, 0.5) is 5.69 Å². The van der Waals surface area contributed by atoms with E-state index in [1.807, 2.05) is 24.3 Å². The molecule has 5 rings (SSSR count). The Labute approximate surface area is 225 Å². The van der Waals surface area contributed by atoms with Gasteiger partial charge in [-0.25, -0.2) is 5.01 Å². The van der Waals surface area contributed by atoms with Crippen LogP contribution >= 0.6 is 0 Å². The summed E-state index contributed by atoms with van der Waals surface area (Å²) in [6.07, 6.45) is 2.12. The second-order valence-corrected chi connectivity index (χ2v) is 9.03. The Morgan fingerprint density at radius 3 is 2.41 bits per heavy atom. The van der Waals surface area contributed by atoms with E-state index in [1.54, 1.807) is 29.3 Å². The zero-order valence-corrected chi connectivity index (χ0v) is 21.8. The molecule has 0 fully saturated rings. The highest BCUT2D eigenvalue weighted by Gasteiger charge is 2.24. The lowest BCUT2D eigenvalue weighted by molar-refractivity contribution is 0.0764. The van der Waals surface area contributed by atoms with E-state index in [1.165, 1.54) is 33.6 Å². The Bertz CT molecular complexity index is 1570.